The monoisotopic (exact) mass is 316 g/mol. The van der Waals surface area contributed by atoms with E-state index in [9.17, 15) is 13.6 Å². The van der Waals surface area contributed by atoms with Crippen molar-refractivity contribution >= 4 is 12.3 Å². The maximum Gasteiger partial charge on any atom is 0.428 e. The normalized spacial score (nSPS) is 11.6. The molecular formula is C14H18F2N2O4. The second-order valence-corrected chi connectivity index (χ2v) is 5.16. The molecule has 0 radical (unpaired) electrons. The number of hydrogen-bond acceptors (Lipinski definition) is 5. The number of amides is 1. The fourth-order valence-electron chi connectivity index (χ4n) is 1.42. The van der Waals surface area contributed by atoms with Crippen molar-refractivity contribution < 1.29 is 27.8 Å². The molecule has 0 fully saturated rings. The highest BCUT2D eigenvalue weighted by molar-refractivity contribution is 5.82. The predicted molar refractivity (Wildman–Crippen MR) is 76.6 cm³/mol. The van der Waals surface area contributed by atoms with Crippen molar-refractivity contribution in [1.29, 1.82) is 0 Å². The van der Waals surface area contributed by atoms with E-state index in [0.29, 0.717) is 5.56 Å². The number of carbonyl (C=O) groups excluding carboxylic acids is 1. The highest BCUT2D eigenvalue weighted by atomic mass is 19.3. The summed E-state index contributed by atoms with van der Waals surface area (Å²) in [4.78, 5) is 11.4. The number of benzene rings is 1. The molecule has 0 aliphatic rings. The van der Waals surface area contributed by atoms with E-state index < -0.39 is 18.3 Å². The number of nitrogens with one attached hydrogen (secondary N) is 1. The van der Waals surface area contributed by atoms with E-state index in [1.165, 1.54) is 31.5 Å². The quantitative estimate of drug-likeness (QED) is 0.669. The van der Waals surface area contributed by atoms with Gasteiger partial charge in [0.1, 0.15) is 5.60 Å². The Morgan fingerprint density at radius 3 is 2.55 bits per heavy atom. The first-order valence-electron chi connectivity index (χ1n) is 6.36. The minimum absolute atomic E-state index is 0.0882. The molecule has 0 bridgehead atoms. The number of hydrogen-bond donors (Lipinski definition) is 1. The SMILES string of the molecule is COc1cc(/C=N/NC(=O)OC(C)(C)C)ccc1OC(F)F. The molecule has 1 aromatic carbocycles. The molecule has 6 nitrogen and oxygen atoms in total. The summed E-state index contributed by atoms with van der Waals surface area (Å²) in [6.45, 7) is 2.23. The molecular weight excluding hydrogens is 298 g/mol. The molecule has 1 N–H and O–H groups in total. The Morgan fingerprint density at radius 1 is 1.32 bits per heavy atom. The van der Waals surface area contributed by atoms with Gasteiger partial charge in [-0.2, -0.15) is 13.9 Å². The van der Waals surface area contributed by atoms with Crippen LogP contribution < -0.4 is 14.9 Å². The van der Waals surface area contributed by atoms with Gasteiger partial charge in [0.15, 0.2) is 11.5 Å². The molecule has 0 aromatic heterocycles. The molecule has 122 valence electrons. The largest absolute Gasteiger partial charge is 0.493 e. The lowest BCUT2D eigenvalue weighted by atomic mass is 10.2. The number of ether oxygens (including phenoxy) is 3. The average Bonchev–Trinajstić information content (AvgIpc) is 2.37. The first-order chi connectivity index (χ1) is 10.2. The maximum atomic E-state index is 12.2. The molecule has 1 rings (SSSR count). The van der Waals surface area contributed by atoms with E-state index in [0.717, 1.165) is 0 Å². The van der Waals surface area contributed by atoms with E-state index in [1.807, 2.05) is 0 Å². The van der Waals surface area contributed by atoms with Gasteiger partial charge in [-0.3, -0.25) is 0 Å². The Labute approximate surface area is 127 Å². The number of carbonyl (C=O) groups is 1. The summed E-state index contributed by atoms with van der Waals surface area (Å²) in [5.41, 5.74) is 2.08. The maximum absolute atomic E-state index is 12.2. The van der Waals surface area contributed by atoms with Gasteiger partial charge in [-0.25, -0.2) is 10.2 Å². The molecule has 0 atom stereocenters. The number of nitrogens with zero attached hydrogens (tertiary/aromatic N) is 1. The van der Waals surface area contributed by atoms with E-state index in [4.69, 9.17) is 9.47 Å². The summed E-state index contributed by atoms with van der Waals surface area (Å²) in [7, 11) is 1.33. The number of alkyl halides is 2. The second kappa shape index (κ2) is 7.58. The summed E-state index contributed by atoms with van der Waals surface area (Å²) in [6.07, 6.45) is 0.617. The Hall–Kier alpha value is -2.38. The highest BCUT2D eigenvalue weighted by Gasteiger charge is 2.15. The van der Waals surface area contributed by atoms with Gasteiger partial charge in [-0.1, -0.05) is 0 Å². The van der Waals surface area contributed by atoms with Crippen molar-refractivity contribution in [2.75, 3.05) is 7.11 Å². The molecule has 1 aromatic rings. The van der Waals surface area contributed by atoms with Crippen LogP contribution in [0.15, 0.2) is 23.3 Å². The van der Waals surface area contributed by atoms with Gasteiger partial charge in [0, 0.05) is 0 Å². The van der Waals surface area contributed by atoms with Gasteiger partial charge >= 0.3 is 12.7 Å². The molecule has 8 heteroatoms. The standard InChI is InChI=1S/C14H18F2N2O4/c1-14(2,3)22-13(19)18-17-8-9-5-6-10(21-12(15)16)11(7-9)20-4/h5-8,12H,1-4H3,(H,18,19)/b17-8+. The van der Waals surface area contributed by atoms with Crippen molar-refractivity contribution in [3.05, 3.63) is 23.8 Å². The first-order valence-corrected chi connectivity index (χ1v) is 6.36. The van der Waals surface area contributed by atoms with Crippen LogP contribution in [0.3, 0.4) is 0 Å². The summed E-state index contributed by atoms with van der Waals surface area (Å²) in [6, 6.07) is 4.25. The van der Waals surface area contributed by atoms with Gasteiger partial charge in [0.2, 0.25) is 0 Å². The first kappa shape index (κ1) is 17.7. The molecule has 0 aliphatic carbocycles. The zero-order valence-corrected chi connectivity index (χ0v) is 12.7. The van der Waals surface area contributed by atoms with Crippen LogP contribution in [-0.4, -0.2) is 31.6 Å². The third kappa shape index (κ3) is 6.38. The predicted octanol–water partition coefficient (Wildman–Crippen LogP) is 3.16. The fraction of sp³-hybridized carbons (Fsp3) is 0.429. The Balaban J connectivity index is 2.70. The minimum atomic E-state index is -2.94. The van der Waals surface area contributed by atoms with Crippen molar-refractivity contribution in [3.63, 3.8) is 0 Å². The van der Waals surface area contributed by atoms with Crippen LogP contribution in [0.4, 0.5) is 13.6 Å². The summed E-state index contributed by atoms with van der Waals surface area (Å²) >= 11 is 0. The van der Waals surface area contributed by atoms with Crippen molar-refractivity contribution in [3.8, 4) is 11.5 Å². The van der Waals surface area contributed by atoms with E-state index in [-0.39, 0.29) is 11.5 Å². The van der Waals surface area contributed by atoms with Crippen LogP contribution in [0.2, 0.25) is 0 Å². The van der Waals surface area contributed by atoms with Gasteiger partial charge in [-0.05, 0) is 44.5 Å². The lowest BCUT2D eigenvalue weighted by Gasteiger charge is -2.18. The summed E-state index contributed by atoms with van der Waals surface area (Å²) in [5, 5.41) is 3.70. The number of methoxy groups -OCH3 is 1. The molecule has 0 aliphatic heterocycles. The van der Waals surface area contributed by atoms with Crippen LogP contribution in [0.1, 0.15) is 26.3 Å². The van der Waals surface area contributed by atoms with E-state index in [2.05, 4.69) is 15.3 Å². The van der Waals surface area contributed by atoms with Crippen LogP contribution >= 0.6 is 0 Å². The van der Waals surface area contributed by atoms with Crippen LogP contribution in [0.5, 0.6) is 11.5 Å². The van der Waals surface area contributed by atoms with Crippen molar-refractivity contribution in [1.82, 2.24) is 5.43 Å². The number of halogens is 2. The smallest absolute Gasteiger partial charge is 0.428 e. The van der Waals surface area contributed by atoms with Crippen LogP contribution in [-0.2, 0) is 4.74 Å². The third-order valence-electron chi connectivity index (χ3n) is 2.17. The van der Waals surface area contributed by atoms with Gasteiger partial charge in [-0.15, -0.1) is 0 Å². The van der Waals surface area contributed by atoms with E-state index >= 15 is 0 Å². The lowest BCUT2D eigenvalue weighted by Crippen LogP contribution is -2.29. The van der Waals surface area contributed by atoms with Crippen molar-refractivity contribution in [2.24, 2.45) is 5.10 Å². The fourth-order valence-corrected chi connectivity index (χ4v) is 1.42. The molecule has 0 spiro atoms. The number of rotatable bonds is 5. The van der Waals surface area contributed by atoms with Gasteiger partial charge < -0.3 is 14.2 Å². The second-order valence-electron chi connectivity index (χ2n) is 5.16. The lowest BCUT2D eigenvalue weighted by molar-refractivity contribution is -0.0512. The number of hydrazone groups is 1. The highest BCUT2D eigenvalue weighted by Crippen LogP contribution is 2.28. The van der Waals surface area contributed by atoms with Crippen molar-refractivity contribution in [2.45, 2.75) is 33.0 Å². The summed E-state index contributed by atoms with van der Waals surface area (Å²) in [5.74, 6) is 0.0382. The average molecular weight is 316 g/mol. The van der Waals surface area contributed by atoms with Gasteiger partial charge in [0.05, 0.1) is 13.3 Å². The Morgan fingerprint density at radius 2 is 2.00 bits per heavy atom. The molecule has 0 saturated heterocycles. The van der Waals surface area contributed by atoms with Crippen LogP contribution in [0, 0.1) is 0 Å². The Kier molecular flexibility index (Phi) is 6.09. The van der Waals surface area contributed by atoms with Gasteiger partial charge in [0.25, 0.3) is 0 Å². The topological polar surface area (TPSA) is 69.2 Å². The molecule has 22 heavy (non-hydrogen) atoms. The Bertz CT molecular complexity index is 542. The zero-order chi connectivity index (χ0) is 16.8. The zero-order valence-electron chi connectivity index (χ0n) is 12.7. The molecule has 0 unspecified atom stereocenters. The minimum Gasteiger partial charge on any atom is -0.493 e. The molecule has 1 amide bonds. The van der Waals surface area contributed by atoms with Crippen LogP contribution in [0.25, 0.3) is 0 Å². The molecule has 0 saturated carbocycles. The summed E-state index contributed by atoms with van der Waals surface area (Å²) < 4.78 is 38.6. The third-order valence-corrected chi connectivity index (χ3v) is 2.17. The van der Waals surface area contributed by atoms with E-state index in [1.54, 1.807) is 20.8 Å². The molecule has 0 heterocycles.